The van der Waals surface area contributed by atoms with Gasteiger partial charge in [0.15, 0.2) is 0 Å². The van der Waals surface area contributed by atoms with Crippen LogP contribution in [0.3, 0.4) is 0 Å². The topological polar surface area (TPSA) is 117 Å². The Labute approximate surface area is 226 Å². The Hall–Kier alpha value is -5.11. The van der Waals surface area contributed by atoms with Crippen LogP contribution in [0.2, 0.25) is 0 Å². The number of nitrogens with zero attached hydrogens (tertiary/aromatic N) is 3. The van der Waals surface area contributed by atoms with Gasteiger partial charge in [-0.25, -0.2) is 4.98 Å². The third-order valence-electron chi connectivity index (χ3n) is 6.13. The first-order valence-electron chi connectivity index (χ1n) is 12.3. The van der Waals surface area contributed by atoms with Gasteiger partial charge in [-0.15, -0.1) is 0 Å². The molecule has 1 heterocycles. The number of rotatable bonds is 1. The van der Waals surface area contributed by atoms with Crippen molar-refractivity contribution in [2.24, 2.45) is 0 Å². The van der Waals surface area contributed by atoms with Crippen LogP contribution in [0, 0.1) is 46.3 Å². The normalized spacial score (nSPS) is 11.4. The molecule has 6 heteroatoms. The first-order chi connectivity index (χ1) is 18.5. The lowest BCUT2D eigenvalue weighted by Gasteiger charge is -2.09. The Kier molecular flexibility index (Phi) is 6.11. The highest BCUT2D eigenvalue weighted by molar-refractivity contribution is 6.24. The highest BCUT2D eigenvalue weighted by Crippen LogP contribution is 2.37. The van der Waals surface area contributed by atoms with E-state index in [1.165, 1.54) is 0 Å². The first kappa shape index (κ1) is 25.5. The molecule has 3 N–H and O–H groups in total. The second-order valence-corrected chi connectivity index (χ2v) is 10.4. The highest BCUT2D eigenvalue weighted by Gasteiger charge is 2.19. The average molecular weight is 509 g/mol. The number of aliphatic hydroxyl groups is 2. The molecule has 0 aliphatic rings. The molecule has 0 atom stereocenters. The molecule has 1 aromatic heterocycles. The molecule has 39 heavy (non-hydrogen) atoms. The van der Waals surface area contributed by atoms with Gasteiger partial charge in [-0.05, 0) is 74.9 Å². The van der Waals surface area contributed by atoms with Gasteiger partial charge in [0.2, 0.25) is 0 Å². The van der Waals surface area contributed by atoms with Crippen LogP contribution >= 0.6 is 0 Å². The molecular formula is C33H24N4O2. The van der Waals surface area contributed by atoms with E-state index in [0.29, 0.717) is 28.0 Å². The summed E-state index contributed by atoms with van der Waals surface area (Å²) in [6.07, 6.45) is 0. The van der Waals surface area contributed by atoms with Gasteiger partial charge in [0, 0.05) is 21.9 Å². The smallest absolute Gasteiger partial charge is 0.141 e. The molecule has 0 saturated carbocycles. The fourth-order valence-electron chi connectivity index (χ4n) is 4.44. The van der Waals surface area contributed by atoms with E-state index in [9.17, 15) is 20.7 Å². The zero-order valence-electron chi connectivity index (χ0n) is 21.9. The summed E-state index contributed by atoms with van der Waals surface area (Å²) in [4.78, 5) is 8.27. The second kappa shape index (κ2) is 9.33. The van der Waals surface area contributed by atoms with Crippen molar-refractivity contribution in [2.75, 3.05) is 0 Å². The SMILES string of the molecule is CC(C)(O)C#Cc1ccc2c(c1)c1cc(C#CC(C)(C)O)ccc1c1[nH]c(-c3c(C#N)cccc3C#N)nc21. The van der Waals surface area contributed by atoms with Gasteiger partial charge < -0.3 is 15.2 Å². The van der Waals surface area contributed by atoms with Crippen LogP contribution in [0.15, 0.2) is 54.6 Å². The number of aromatic nitrogens is 2. The summed E-state index contributed by atoms with van der Waals surface area (Å²) in [6, 6.07) is 20.9. The fraction of sp³-hybridized carbons (Fsp3) is 0.182. The van der Waals surface area contributed by atoms with Crippen LogP contribution in [0.25, 0.3) is 44.0 Å². The van der Waals surface area contributed by atoms with Gasteiger partial charge in [0.05, 0.1) is 39.9 Å². The first-order valence-corrected chi connectivity index (χ1v) is 12.3. The van der Waals surface area contributed by atoms with E-state index in [-0.39, 0.29) is 0 Å². The Bertz CT molecular complexity index is 1880. The van der Waals surface area contributed by atoms with E-state index >= 15 is 0 Å². The maximum Gasteiger partial charge on any atom is 0.141 e. The number of hydrogen-bond acceptors (Lipinski definition) is 5. The van der Waals surface area contributed by atoms with Crippen molar-refractivity contribution in [3.8, 4) is 47.2 Å². The highest BCUT2D eigenvalue weighted by atomic mass is 16.3. The Morgan fingerprint density at radius 3 is 1.74 bits per heavy atom. The van der Waals surface area contributed by atoms with Crippen molar-refractivity contribution in [3.05, 3.63) is 76.9 Å². The number of H-pyrrole nitrogens is 1. The number of nitriles is 2. The number of benzene rings is 4. The van der Waals surface area contributed by atoms with E-state index < -0.39 is 11.2 Å². The standard InChI is InChI=1S/C33H24N4O2/c1-32(2,38)14-12-20-8-10-24-26(16-20)27-17-21(13-15-33(3,4)39)9-11-25(27)30-29(24)36-31(37-30)28-22(18-34)6-5-7-23(28)19-35/h5-11,16-17,38-39H,1-4H3,(H,36,37). The van der Waals surface area contributed by atoms with Crippen LogP contribution in [-0.2, 0) is 0 Å². The van der Waals surface area contributed by atoms with Crippen LogP contribution in [-0.4, -0.2) is 31.4 Å². The zero-order valence-corrected chi connectivity index (χ0v) is 21.9. The Morgan fingerprint density at radius 2 is 1.23 bits per heavy atom. The van der Waals surface area contributed by atoms with E-state index in [1.807, 2.05) is 36.4 Å². The van der Waals surface area contributed by atoms with E-state index in [0.717, 1.165) is 38.2 Å². The van der Waals surface area contributed by atoms with Crippen molar-refractivity contribution in [3.63, 3.8) is 0 Å². The maximum atomic E-state index is 10.1. The second-order valence-electron chi connectivity index (χ2n) is 10.4. The molecule has 188 valence electrons. The minimum absolute atomic E-state index is 0.357. The van der Waals surface area contributed by atoms with Gasteiger partial charge in [-0.3, -0.25) is 0 Å². The summed E-state index contributed by atoms with van der Waals surface area (Å²) in [5.41, 5.74) is 1.83. The molecule has 6 nitrogen and oxygen atoms in total. The van der Waals surface area contributed by atoms with Crippen molar-refractivity contribution in [1.29, 1.82) is 10.5 Å². The summed E-state index contributed by atoms with van der Waals surface area (Å²) >= 11 is 0. The van der Waals surface area contributed by atoms with Gasteiger partial charge >= 0.3 is 0 Å². The van der Waals surface area contributed by atoms with Crippen molar-refractivity contribution in [1.82, 2.24) is 9.97 Å². The molecule has 0 bridgehead atoms. The molecule has 5 aromatic rings. The molecule has 0 aliphatic heterocycles. The lowest BCUT2D eigenvalue weighted by Crippen LogP contribution is -2.14. The minimum atomic E-state index is -1.13. The van der Waals surface area contributed by atoms with Crippen LogP contribution in [0.1, 0.15) is 49.9 Å². The third kappa shape index (κ3) is 5.04. The molecule has 0 fully saturated rings. The van der Waals surface area contributed by atoms with Crippen LogP contribution in [0.4, 0.5) is 0 Å². The van der Waals surface area contributed by atoms with Gasteiger partial charge in [-0.2, -0.15) is 10.5 Å². The lowest BCUT2D eigenvalue weighted by molar-refractivity contribution is 0.143. The maximum absolute atomic E-state index is 10.1. The summed E-state index contributed by atoms with van der Waals surface area (Å²) in [7, 11) is 0. The molecule has 0 saturated heterocycles. The summed E-state index contributed by atoms with van der Waals surface area (Å²) in [5, 5.41) is 43.2. The molecular weight excluding hydrogens is 484 g/mol. The number of aromatic amines is 1. The predicted molar refractivity (Wildman–Crippen MR) is 152 cm³/mol. The molecule has 0 radical (unpaired) electrons. The molecule has 5 rings (SSSR count). The predicted octanol–water partition coefficient (Wildman–Crippen LogP) is 5.52. The number of nitrogens with one attached hydrogen (secondary N) is 1. The Balaban J connectivity index is 1.87. The molecule has 4 aromatic carbocycles. The molecule has 0 amide bonds. The van der Waals surface area contributed by atoms with Crippen LogP contribution < -0.4 is 0 Å². The minimum Gasteiger partial charge on any atom is -0.378 e. The monoisotopic (exact) mass is 508 g/mol. The summed E-state index contributed by atoms with van der Waals surface area (Å²) in [6.45, 7) is 6.53. The zero-order chi connectivity index (χ0) is 27.9. The van der Waals surface area contributed by atoms with Crippen molar-refractivity contribution in [2.45, 2.75) is 38.9 Å². The van der Waals surface area contributed by atoms with Gasteiger partial charge in [0.25, 0.3) is 0 Å². The summed E-state index contributed by atoms with van der Waals surface area (Å²) < 4.78 is 0. The van der Waals surface area contributed by atoms with E-state index in [1.54, 1.807) is 45.9 Å². The fourth-order valence-corrected chi connectivity index (χ4v) is 4.44. The quantitative estimate of drug-likeness (QED) is 0.203. The van der Waals surface area contributed by atoms with E-state index in [2.05, 4.69) is 40.8 Å². The largest absolute Gasteiger partial charge is 0.378 e. The number of imidazole rings is 1. The average Bonchev–Trinajstić information content (AvgIpc) is 3.34. The number of fused-ring (bicyclic) bond motifs is 6. The lowest BCUT2D eigenvalue weighted by atomic mass is 9.96. The van der Waals surface area contributed by atoms with Crippen LogP contribution in [0.5, 0.6) is 0 Å². The van der Waals surface area contributed by atoms with Crippen molar-refractivity contribution >= 4 is 32.6 Å². The molecule has 0 unspecified atom stereocenters. The third-order valence-corrected chi connectivity index (χ3v) is 6.13. The van der Waals surface area contributed by atoms with E-state index in [4.69, 9.17) is 4.98 Å². The number of hydrogen-bond donors (Lipinski definition) is 3. The van der Waals surface area contributed by atoms with Gasteiger partial charge in [-0.1, -0.05) is 41.9 Å². The Morgan fingerprint density at radius 1 is 0.718 bits per heavy atom. The van der Waals surface area contributed by atoms with Gasteiger partial charge in [0.1, 0.15) is 17.0 Å². The van der Waals surface area contributed by atoms with Crippen molar-refractivity contribution < 1.29 is 10.2 Å². The molecule has 0 spiro atoms. The summed E-state index contributed by atoms with van der Waals surface area (Å²) in [5.74, 6) is 12.3. The molecule has 0 aliphatic carbocycles.